The summed E-state index contributed by atoms with van der Waals surface area (Å²) in [5.41, 5.74) is 3.68. The first-order valence-corrected chi connectivity index (χ1v) is 11.3. The van der Waals surface area contributed by atoms with Gasteiger partial charge in [0, 0.05) is 14.6 Å². The largest absolute Gasteiger partial charge is 0.332 e. The minimum Gasteiger partial charge on any atom is -0.332 e. The number of rotatable bonds is 3. The predicted octanol–water partition coefficient (Wildman–Crippen LogP) is 5.31. The highest BCUT2D eigenvalue weighted by Crippen LogP contribution is 2.23. The lowest BCUT2D eigenvalue weighted by molar-refractivity contribution is 0.0977. The summed E-state index contributed by atoms with van der Waals surface area (Å²) in [4.78, 5) is 14.1. The molecule has 0 bridgehead atoms. The standard InChI is InChI=1S/C24H16IN5OS/c25-19-10-4-3-9-18(19)23(31)27-24(32)26-16-12-13-20-21(14-16)29-30(28-20)22-11-5-7-15-6-1-2-8-17(15)22/h1-14H,(H2,26,27,31,32). The zero-order chi connectivity index (χ0) is 22.1. The molecule has 1 heterocycles. The zero-order valence-corrected chi connectivity index (χ0v) is 19.6. The van der Waals surface area contributed by atoms with Gasteiger partial charge in [-0.15, -0.1) is 15.0 Å². The number of aromatic nitrogens is 3. The number of carbonyl (C=O) groups is 1. The average molecular weight is 549 g/mol. The lowest BCUT2D eigenvalue weighted by Crippen LogP contribution is -2.34. The van der Waals surface area contributed by atoms with E-state index in [4.69, 9.17) is 12.2 Å². The van der Waals surface area contributed by atoms with Crippen LogP contribution in [0, 0.1) is 3.57 Å². The van der Waals surface area contributed by atoms with Crippen LogP contribution in [-0.4, -0.2) is 26.0 Å². The molecule has 0 radical (unpaired) electrons. The predicted molar refractivity (Wildman–Crippen MR) is 139 cm³/mol. The molecular formula is C24H16IN5OS. The fourth-order valence-electron chi connectivity index (χ4n) is 3.46. The number of fused-ring (bicyclic) bond motifs is 2. The Bertz CT molecular complexity index is 1490. The van der Waals surface area contributed by atoms with Crippen LogP contribution in [0.25, 0.3) is 27.5 Å². The van der Waals surface area contributed by atoms with Crippen molar-refractivity contribution in [1.82, 2.24) is 20.3 Å². The molecule has 2 N–H and O–H groups in total. The van der Waals surface area contributed by atoms with E-state index in [-0.39, 0.29) is 11.0 Å². The van der Waals surface area contributed by atoms with E-state index in [1.54, 1.807) is 10.9 Å². The SMILES string of the molecule is O=C(NC(=S)Nc1ccc2nn(-c3cccc4ccccc34)nc2c1)c1ccccc1I. The maximum absolute atomic E-state index is 12.5. The van der Waals surface area contributed by atoms with Gasteiger partial charge in [0.25, 0.3) is 5.91 Å². The number of anilines is 1. The Kier molecular flexibility index (Phi) is 5.54. The van der Waals surface area contributed by atoms with Crippen LogP contribution in [0.4, 0.5) is 5.69 Å². The van der Waals surface area contributed by atoms with E-state index in [0.29, 0.717) is 5.56 Å². The van der Waals surface area contributed by atoms with Gasteiger partial charge >= 0.3 is 0 Å². The number of hydrogen-bond donors (Lipinski definition) is 2. The molecule has 156 valence electrons. The Morgan fingerprint density at radius 2 is 1.62 bits per heavy atom. The van der Waals surface area contributed by atoms with Crippen molar-refractivity contribution in [2.75, 3.05) is 5.32 Å². The van der Waals surface area contributed by atoms with Crippen LogP contribution >= 0.6 is 34.8 Å². The molecule has 0 aliphatic rings. The van der Waals surface area contributed by atoms with Gasteiger partial charge in [0.05, 0.1) is 11.3 Å². The summed E-state index contributed by atoms with van der Waals surface area (Å²) >= 11 is 7.45. The van der Waals surface area contributed by atoms with Gasteiger partial charge in [0.15, 0.2) is 5.11 Å². The highest BCUT2D eigenvalue weighted by molar-refractivity contribution is 14.1. The Morgan fingerprint density at radius 3 is 2.50 bits per heavy atom. The first kappa shape index (κ1) is 20.5. The van der Waals surface area contributed by atoms with Crippen LogP contribution in [0.3, 0.4) is 0 Å². The normalized spacial score (nSPS) is 10.9. The van der Waals surface area contributed by atoms with Gasteiger partial charge in [-0.05, 0) is 76.6 Å². The molecule has 0 aliphatic heterocycles. The first-order chi connectivity index (χ1) is 15.6. The highest BCUT2D eigenvalue weighted by Gasteiger charge is 2.12. The number of nitrogens with one attached hydrogen (secondary N) is 2. The van der Waals surface area contributed by atoms with E-state index in [1.807, 2.05) is 60.7 Å². The van der Waals surface area contributed by atoms with Crippen molar-refractivity contribution >= 4 is 73.3 Å². The number of hydrogen-bond acceptors (Lipinski definition) is 4. The molecule has 5 aromatic rings. The zero-order valence-electron chi connectivity index (χ0n) is 16.6. The van der Waals surface area contributed by atoms with E-state index in [0.717, 1.165) is 36.8 Å². The summed E-state index contributed by atoms with van der Waals surface area (Å²) < 4.78 is 0.858. The van der Waals surface area contributed by atoms with E-state index in [1.165, 1.54) is 0 Å². The van der Waals surface area contributed by atoms with Crippen molar-refractivity contribution < 1.29 is 4.79 Å². The molecule has 0 fully saturated rings. The minimum atomic E-state index is -0.254. The van der Waals surface area contributed by atoms with Gasteiger partial charge in [-0.3, -0.25) is 10.1 Å². The molecule has 6 nitrogen and oxygen atoms in total. The fraction of sp³-hybridized carbons (Fsp3) is 0. The molecule has 0 unspecified atom stereocenters. The van der Waals surface area contributed by atoms with E-state index in [2.05, 4.69) is 61.6 Å². The Labute approximate surface area is 202 Å². The van der Waals surface area contributed by atoms with Crippen molar-refractivity contribution in [3.8, 4) is 5.69 Å². The Balaban J connectivity index is 1.38. The average Bonchev–Trinajstić information content (AvgIpc) is 3.22. The fourth-order valence-corrected chi connectivity index (χ4v) is 4.30. The van der Waals surface area contributed by atoms with Crippen molar-refractivity contribution in [3.63, 3.8) is 0 Å². The lowest BCUT2D eigenvalue weighted by Gasteiger charge is -2.10. The van der Waals surface area contributed by atoms with Gasteiger partial charge in [0.2, 0.25) is 0 Å². The molecule has 0 spiro atoms. The third kappa shape index (κ3) is 4.06. The molecule has 0 saturated carbocycles. The first-order valence-electron chi connectivity index (χ1n) is 9.80. The molecule has 32 heavy (non-hydrogen) atoms. The monoisotopic (exact) mass is 549 g/mol. The number of halogens is 1. The molecule has 1 aromatic heterocycles. The van der Waals surface area contributed by atoms with Gasteiger partial charge in [-0.2, -0.15) is 0 Å². The molecule has 5 rings (SSSR count). The maximum atomic E-state index is 12.5. The van der Waals surface area contributed by atoms with Crippen LogP contribution in [0.2, 0.25) is 0 Å². The molecular weight excluding hydrogens is 533 g/mol. The number of benzene rings is 4. The summed E-state index contributed by atoms with van der Waals surface area (Å²) in [5.74, 6) is -0.254. The molecule has 0 aliphatic carbocycles. The maximum Gasteiger partial charge on any atom is 0.258 e. The lowest BCUT2D eigenvalue weighted by atomic mass is 10.1. The quantitative estimate of drug-likeness (QED) is 0.236. The van der Waals surface area contributed by atoms with Crippen molar-refractivity contribution in [2.45, 2.75) is 0 Å². The minimum absolute atomic E-state index is 0.218. The molecule has 0 saturated heterocycles. The Morgan fingerprint density at radius 1 is 0.875 bits per heavy atom. The van der Waals surface area contributed by atoms with Crippen LogP contribution in [0.15, 0.2) is 84.9 Å². The van der Waals surface area contributed by atoms with E-state index < -0.39 is 0 Å². The van der Waals surface area contributed by atoms with Gasteiger partial charge < -0.3 is 5.32 Å². The Hall–Kier alpha value is -3.37. The summed E-state index contributed by atoms with van der Waals surface area (Å²) in [6.07, 6.45) is 0. The van der Waals surface area contributed by atoms with Gasteiger partial charge in [0.1, 0.15) is 11.0 Å². The molecule has 1 amide bonds. The van der Waals surface area contributed by atoms with Crippen molar-refractivity contribution in [3.05, 3.63) is 94.1 Å². The summed E-state index contributed by atoms with van der Waals surface area (Å²) in [7, 11) is 0. The van der Waals surface area contributed by atoms with Gasteiger partial charge in [-0.1, -0.05) is 48.5 Å². The van der Waals surface area contributed by atoms with Crippen molar-refractivity contribution in [1.29, 1.82) is 0 Å². The second-order valence-electron chi connectivity index (χ2n) is 7.08. The third-order valence-corrected chi connectivity index (χ3v) is 6.11. The summed E-state index contributed by atoms with van der Waals surface area (Å²) in [5, 5.41) is 17.5. The number of amides is 1. The molecule has 0 atom stereocenters. The van der Waals surface area contributed by atoms with Crippen LogP contribution in [-0.2, 0) is 0 Å². The smallest absolute Gasteiger partial charge is 0.258 e. The highest BCUT2D eigenvalue weighted by atomic mass is 127. The van der Waals surface area contributed by atoms with E-state index in [9.17, 15) is 4.79 Å². The third-order valence-electron chi connectivity index (χ3n) is 4.97. The number of thiocarbonyl (C=S) groups is 1. The van der Waals surface area contributed by atoms with Gasteiger partial charge in [-0.25, -0.2) is 0 Å². The summed E-state index contributed by atoms with van der Waals surface area (Å²) in [6.45, 7) is 0. The second-order valence-corrected chi connectivity index (χ2v) is 8.65. The summed E-state index contributed by atoms with van der Waals surface area (Å²) in [6, 6.07) is 27.1. The number of carbonyl (C=O) groups excluding carboxylic acids is 1. The topological polar surface area (TPSA) is 71.8 Å². The second kappa shape index (κ2) is 8.64. The van der Waals surface area contributed by atoms with E-state index >= 15 is 0 Å². The van der Waals surface area contributed by atoms with Crippen molar-refractivity contribution in [2.24, 2.45) is 0 Å². The van der Waals surface area contributed by atoms with Crippen LogP contribution in [0.1, 0.15) is 10.4 Å². The van der Waals surface area contributed by atoms with Crippen LogP contribution in [0.5, 0.6) is 0 Å². The molecule has 4 aromatic carbocycles. The number of nitrogens with zero attached hydrogens (tertiary/aromatic N) is 3. The van der Waals surface area contributed by atoms with Crippen LogP contribution < -0.4 is 10.6 Å². The molecule has 8 heteroatoms.